The van der Waals surface area contributed by atoms with E-state index in [1.165, 1.54) is 28.8 Å². The highest BCUT2D eigenvalue weighted by Crippen LogP contribution is 2.31. The molecule has 1 atom stereocenters. The molecule has 3 aromatic carbocycles. The molecule has 1 saturated heterocycles. The smallest absolute Gasteiger partial charge is 0.275 e. The molecule has 1 aliphatic rings. The van der Waals surface area contributed by atoms with E-state index in [1.54, 1.807) is 0 Å². The molecule has 1 aromatic heterocycles. The number of carbonyl (C=O) groups excluding carboxylic acids is 1. The molecule has 5 nitrogen and oxygen atoms in total. The number of benzene rings is 3. The van der Waals surface area contributed by atoms with Crippen molar-refractivity contribution in [3.8, 4) is 10.6 Å². The van der Waals surface area contributed by atoms with Gasteiger partial charge in [-0.05, 0) is 55.6 Å². The Labute approximate surface area is 192 Å². The third-order valence-electron chi connectivity index (χ3n) is 6.14. The quantitative estimate of drug-likeness (QED) is 0.452. The maximum absolute atomic E-state index is 12.8. The summed E-state index contributed by atoms with van der Waals surface area (Å²) < 4.78 is 0. The van der Waals surface area contributed by atoms with Gasteiger partial charge in [-0.3, -0.25) is 4.79 Å². The summed E-state index contributed by atoms with van der Waals surface area (Å²) in [6, 6.07) is 23.1. The lowest BCUT2D eigenvalue weighted by molar-refractivity contribution is 0.102. The molecule has 1 amide bonds. The van der Waals surface area contributed by atoms with E-state index in [0.29, 0.717) is 11.7 Å². The average Bonchev–Trinajstić information content (AvgIpc) is 3.50. The number of aromatic nitrogens is 1. The summed E-state index contributed by atoms with van der Waals surface area (Å²) in [5, 5.41) is 7.97. The highest BCUT2D eigenvalue weighted by Gasteiger charge is 2.24. The molecular weight excluding hydrogens is 416 g/mol. The van der Waals surface area contributed by atoms with Crippen LogP contribution in [0.3, 0.4) is 0 Å². The lowest BCUT2D eigenvalue weighted by Gasteiger charge is -2.22. The van der Waals surface area contributed by atoms with Crippen molar-refractivity contribution in [2.45, 2.75) is 12.5 Å². The molecule has 0 aliphatic carbocycles. The van der Waals surface area contributed by atoms with E-state index >= 15 is 0 Å². The van der Waals surface area contributed by atoms with Crippen LogP contribution < -0.4 is 10.2 Å². The van der Waals surface area contributed by atoms with Gasteiger partial charge in [0.1, 0.15) is 10.7 Å². The van der Waals surface area contributed by atoms with Crippen LogP contribution in [0.5, 0.6) is 0 Å². The Morgan fingerprint density at radius 3 is 2.62 bits per heavy atom. The molecule has 1 aliphatic heterocycles. The number of hydrogen-bond acceptors (Lipinski definition) is 5. The molecule has 6 heteroatoms. The first-order chi connectivity index (χ1) is 15.6. The predicted octanol–water partition coefficient (Wildman–Crippen LogP) is 5.36. The van der Waals surface area contributed by atoms with Gasteiger partial charge in [0.15, 0.2) is 0 Å². The molecule has 2 heterocycles. The SMILES string of the molecule is CN(C)C1CCN(c2ccc(NC(=O)c3csc(-c4cccc5ccccc45)n3)cc2)C1. The van der Waals surface area contributed by atoms with Gasteiger partial charge >= 0.3 is 0 Å². The number of thiazole rings is 1. The monoisotopic (exact) mass is 442 g/mol. The minimum Gasteiger partial charge on any atom is -0.370 e. The molecule has 1 unspecified atom stereocenters. The van der Waals surface area contributed by atoms with Crippen molar-refractivity contribution < 1.29 is 4.79 Å². The van der Waals surface area contributed by atoms with E-state index in [-0.39, 0.29) is 5.91 Å². The van der Waals surface area contributed by atoms with E-state index in [1.807, 2.05) is 35.7 Å². The summed E-state index contributed by atoms with van der Waals surface area (Å²) in [6.45, 7) is 2.10. The number of anilines is 2. The summed E-state index contributed by atoms with van der Waals surface area (Å²) >= 11 is 1.50. The Bertz CT molecular complexity index is 1240. The molecular formula is C26H26N4OS. The lowest BCUT2D eigenvalue weighted by atomic mass is 10.1. The Morgan fingerprint density at radius 1 is 1.06 bits per heavy atom. The van der Waals surface area contributed by atoms with Crippen molar-refractivity contribution in [1.29, 1.82) is 0 Å². The summed E-state index contributed by atoms with van der Waals surface area (Å²) in [5.41, 5.74) is 3.47. The van der Waals surface area contributed by atoms with Crippen LogP contribution in [0.25, 0.3) is 21.3 Å². The molecule has 162 valence electrons. The molecule has 4 aromatic rings. The Hall–Kier alpha value is -3.22. The number of fused-ring (bicyclic) bond motifs is 1. The summed E-state index contributed by atoms with van der Waals surface area (Å²) in [4.78, 5) is 22.1. The van der Waals surface area contributed by atoms with Crippen molar-refractivity contribution >= 4 is 39.4 Å². The summed E-state index contributed by atoms with van der Waals surface area (Å²) in [7, 11) is 4.27. The van der Waals surface area contributed by atoms with Gasteiger partial charge in [0.2, 0.25) is 0 Å². The zero-order valence-electron chi connectivity index (χ0n) is 18.3. The van der Waals surface area contributed by atoms with Gasteiger partial charge in [-0.25, -0.2) is 4.98 Å². The van der Waals surface area contributed by atoms with Gasteiger partial charge in [-0.15, -0.1) is 11.3 Å². The fraction of sp³-hybridized carbons (Fsp3) is 0.231. The van der Waals surface area contributed by atoms with Crippen LogP contribution in [0.15, 0.2) is 72.1 Å². The summed E-state index contributed by atoms with van der Waals surface area (Å²) in [5.74, 6) is -0.186. The zero-order valence-corrected chi connectivity index (χ0v) is 19.1. The number of rotatable bonds is 5. The van der Waals surface area contributed by atoms with Crippen molar-refractivity contribution in [2.75, 3.05) is 37.4 Å². The molecule has 1 fully saturated rings. The maximum atomic E-state index is 12.8. The number of amides is 1. The Morgan fingerprint density at radius 2 is 1.84 bits per heavy atom. The summed E-state index contributed by atoms with van der Waals surface area (Å²) in [6.07, 6.45) is 1.17. The van der Waals surface area contributed by atoms with Crippen molar-refractivity contribution in [3.05, 3.63) is 77.8 Å². The largest absolute Gasteiger partial charge is 0.370 e. The van der Waals surface area contributed by atoms with Crippen LogP contribution in [-0.2, 0) is 0 Å². The maximum Gasteiger partial charge on any atom is 0.275 e. The van der Waals surface area contributed by atoms with Gasteiger partial charge in [-0.2, -0.15) is 0 Å². The van der Waals surface area contributed by atoms with E-state index in [4.69, 9.17) is 0 Å². The van der Waals surface area contributed by atoms with Gasteiger partial charge in [0.05, 0.1) is 0 Å². The van der Waals surface area contributed by atoms with Crippen molar-refractivity contribution in [3.63, 3.8) is 0 Å². The minimum atomic E-state index is -0.186. The third-order valence-corrected chi connectivity index (χ3v) is 7.02. The Balaban J connectivity index is 1.28. The molecule has 32 heavy (non-hydrogen) atoms. The second-order valence-corrected chi connectivity index (χ2v) is 9.28. The van der Waals surface area contributed by atoms with Gasteiger partial charge in [-0.1, -0.05) is 42.5 Å². The first-order valence-corrected chi connectivity index (χ1v) is 11.7. The molecule has 0 saturated carbocycles. The van der Waals surface area contributed by atoms with Crippen LogP contribution in [0.1, 0.15) is 16.9 Å². The molecule has 0 spiro atoms. The van der Waals surface area contributed by atoms with Crippen LogP contribution in [0, 0.1) is 0 Å². The highest BCUT2D eigenvalue weighted by atomic mass is 32.1. The first-order valence-electron chi connectivity index (χ1n) is 10.8. The normalized spacial score (nSPS) is 16.1. The molecule has 0 radical (unpaired) electrons. The fourth-order valence-electron chi connectivity index (χ4n) is 4.26. The second-order valence-electron chi connectivity index (χ2n) is 8.42. The molecule has 1 N–H and O–H groups in total. The van der Waals surface area contributed by atoms with Gasteiger partial charge in [0, 0.05) is 41.4 Å². The topological polar surface area (TPSA) is 48.5 Å². The van der Waals surface area contributed by atoms with Crippen LogP contribution in [0.4, 0.5) is 11.4 Å². The van der Waals surface area contributed by atoms with Crippen molar-refractivity contribution in [1.82, 2.24) is 9.88 Å². The van der Waals surface area contributed by atoms with E-state index in [2.05, 4.69) is 70.6 Å². The van der Waals surface area contributed by atoms with Crippen LogP contribution >= 0.6 is 11.3 Å². The standard InChI is InChI=1S/C26H26N4OS/c1-29(2)21-14-15-30(16-21)20-12-10-19(11-13-20)27-25(31)24-17-32-26(28-24)23-9-5-7-18-6-3-4-8-22(18)23/h3-13,17,21H,14-16H2,1-2H3,(H,27,31). The van der Waals surface area contributed by atoms with Crippen LogP contribution in [0.2, 0.25) is 0 Å². The minimum absolute atomic E-state index is 0.186. The first kappa shape index (κ1) is 20.7. The zero-order chi connectivity index (χ0) is 22.1. The number of hydrogen-bond donors (Lipinski definition) is 1. The Kier molecular flexibility index (Phi) is 5.64. The highest BCUT2D eigenvalue weighted by molar-refractivity contribution is 7.13. The van der Waals surface area contributed by atoms with Crippen molar-refractivity contribution in [2.24, 2.45) is 0 Å². The average molecular weight is 443 g/mol. The van der Waals surface area contributed by atoms with Gasteiger partial charge < -0.3 is 15.1 Å². The number of likely N-dealkylation sites (N-methyl/N-ethyl adjacent to an activating group) is 1. The van der Waals surface area contributed by atoms with E-state index < -0.39 is 0 Å². The number of carbonyl (C=O) groups is 1. The molecule has 0 bridgehead atoms. The fourth-order valence-corrected chi connectivity index (χ4v) is 5.10. The lowest BCUT2D eigenvalue weighted by Crippen LogP contribution is -2.31. The second kappa shape index (κ2) is 8.73. The third kappa shape index (κ3) is 4.11. The number of nitrogens with one attached hydrogen (secondary N) is 1. The molecule has 5 rings (SSSR count). The van der Waals surface area contributed by atoms with Gasteiger partial charge in [0.25, 0.3) is 5.91 Å². The van der Waals surface area contributed by atoms with E-state index in [9.17, 15) is 4.79 Å². The predicted molar refractivity (Wildman–Crippen MR) is 134 cm³/mol. The van der Waals surface area contributed by atoms with E-state index in [0.717, 1.165) is 34.7 Å². The number of nitrogens with zero attached hydrogens (tertiary/aromatic N) is 3. The van der Waals surface area contributed by atoms with Crippen LogP contribution in [-0.4, -0.2) is 49.0 Å².